The molecule has 0 atom stereocenters. The molecule has 0 spiro atoms. The molecule has 76 valence electrons. The summed E-state index contributed by atoms with van der Waals surface area (Å²) in [6.07, 6.45) is 7.15. The molecule has 1 aliphatic rings. The van der Waals surface area contributed by atoms with Gasteiger partial charge in [-0.15, -0.1) is 0 Å². The maximum Gasteiger partial charge on any atom is 0.108 e. The fourth-order valence-electron chi connectivity index (χ4n) is 1.29. The van der Waals surface area contributed by atoms with Crippen LogP contribution in [-0.4, -0.2) is 5.04 Å². The minimum absolute atomic E-state index is 1.04. The van der Waals surface area contributed by atoms with Crippen LogP contribution in [-0.2, 0) is 0 Å². The Morgan fingerprint density at radius 2 is 2.07 bits per heavy atom. The lowest BCUT2D eigenvalue weighted by Crippen LogP contribution is -1.90. The molecule has 0 bridgehead atoms. The molecule has 0 unspecified atom stereocenters. The molecule has 0 amide bonds. The van der Waals surface area contributed by atoms with Gasteiger partial charge in [0.15, 0.2) is 0 Å². The van der Waals surface area contributed by atoms with Crippen molar-refractivity contribution in [2.75, 3.05) is 0 Å². The van der Waals surface area contributed by atoms with Crippen LogP contribution in [0, 0.1) is 0 Å². The van der Waals surface area contributed by atoms with Gasteiger partial charge < -0.3 is 0 Å². The predicted molar refractivity (Wildman–Crippen MR) is 66.6 cm³/mol. The third-order valence-corrected chi connectivity index (χ3v) is 3.36. The van der Waals surface area contributed by atoms with Gasteiger partial charge in [-0.1, -0.05) is 30.8 Å². The van der Waals surface area contributed by atoms with Gasteiger partial charge in [0.25, 0.3) is 0 Å². The molecule has 1 heterocycles. The summed E-state index contributed by atoms with van der Waals surface area (Å²) in [5.74, 6) is 0. The summed E-state index contributed by atoms with van der Waals surface area (Å²) in [6.45, 7) is 8.49. The Labute approximate surface area is 90.7 Å². The second-order valence-corrected chi connectivity index (χ2v) is 4.42. The van der Waals surface area contributed by atoms with Crippen LogP contribution >= 0.6 is 11.8 Å². The SMILES string of the molecule is C/C=C1/C(C)=C(C)S/C1=N\C=C\CC. The maximum atomic E-state index is 4.46. The molecule has 1 nitrogen and oxygen atoms in total. The molecule has 0 radical (unpaired) electrons. The van der Waals surface area contributed by atoms with Gasteiger partial charge in [0.1, 0.15) is 5.04 Å². The highest BCUT2D eigenvalue weighted by atomic mass is 32.2. The Bertz CT molecular complexity index is 332. The van der Waals surface area contributed by atoms with Crippen LogP contribution < -0.4 is 0 Å². The van der Waals surface area contributed by atoms with E-state index in [1.807, 2.05) is 6.20 Å². The second kappa shape index (κ2) is 5.20. The van der Waals surface area contributed by atoms with E-state index in [9.17, 15) is 0 Å². The summed E-state index contributed by atoms with van der Waals surface area (Å²) >= 11 is 1.77. The van der Waals surface area contributed by atoms with E-state index in [0.717, 1.165) is 11.5 Å². The van der Waals surface area contributed by atoms with Gasteiger partial charge in [0.05, 0.1) is 0 Å². The van der Waals surface area contributed by atoms with E-state index in [0.29, 0.717) is 0 Å². The monoisotopic (exact) mass is 207 g/mol. The number of aliphatic imine (C=N–C) groups is 1. The summed E-state index contributed by atoms with van der Waals surface area (Å²) in [6, 6.07) is 0. The lowest BCUT2D eigenvalue weighted by atomic mass is 10.1. The highest BCUT2D eigenvalue weighted by Crippen LogP contribution is 2.37. The van der Waals surface area contributed by atoms with Crippen LogP contribution in [0.3, 0.4) is 0 Å². The van der Waals surface area contributed by atoms with Crippen molar-refractivity contribution < 1.29 is 0 Å². The van der Waals surface area contributed by atoms with Crippen LogP contribution in [0.1, 0.15) is 34.1 Å². The molecule has 0 aromatic heterocycles. The minimum atomic E-state index is 1.04. The zero-order valence-corrected chi connectivity index (χ0v) is 10.1. The van der Waals surface area contributed by atoms with Crippen molar-refractivity contribution in [1.82, 2.24) is 0 Å². The van der Waals surface area contributed by atoms with Crippen molar-refractivity contribution in [3.63, 3.8) is 0 Å². The van der Waals surface area contributed by atoms with Crippen molar-refractivity contribution in [2.24, 2.45) is 4.99 Å². The minimum Gasteiger partial charge on any atom is -0.249 e. The topological polar surface area (TPSA) is 12.4 Å². The molecule has 14 heavy (non-hydrogen) atoms. The fourth-order valence-corrected chi connectivity index (χ4v) is 2.34. The Kier molecular flexibility index (Phi) is 4.21. The summed E-state index contributed by atoms with van der Waals surface area (Å²) in [5.41, 5.74) is 2.65. The summed E-state index contributed by atoms with van der Waals surface area (Å²) in [5, 5.41) is 1.13. The molecule has 2 heteroatoms. The average Bonchev–Trinajstić information content (AvgIpc) is 2.43. The van der Waals surface area contributed by atoms with Crippen molar-refractivity contribution in [3.05, 3.63) is 34.4 Å². The molecule has 0 aliphatic carbocycles. The lowest BCUT2D eigenvalue weighted by molar-refractivity contribution is 1.21. The molecule has 0 N–H and O–H groups in total. The Morgan fingerprint density at radius 3 is 2.64 bits per heavy atom. The van der Waals surface area contributed by atoms with Crippen LogP contribution in [0.5, 0.6) is 0 Å². The first-order valence-electron chi connectivity index (χ1n) is 4.95. The maximum absolute atomic E-state index is 4.46. The highest BCUT2D eigenvalue weighted by molar-refractivity contribution is 8.18. The molecule has 1 rings (SSSR count). The summed E-state index contributed by atoms with van der Waals surface area (Å²) in [4.78, 5) is 5.82. The number of nitrogens with zero attached hydrogens (tertiary/aromatic N) is 1. The van der Waals surface area contributed by atoms with Gasteiger partial charge in [-0.3, -0.25) is 0 Å². The van der Waals surface area contributed by atoms with Gasteiger partial charge in [0.2, 0.25) is 0 Å². The van der Waals surface area contributed by atoms with Gasteiger partial charge in [-0.25, -0.2) is 4.99 Å². The van der Waals surface area contributed by atoms with Crippen LogP contribution in [0.25, 0.3) is 0 Å². The zero-order valence-electron chi connectivity index (χ0n) is 9.29. The zero-order chi connectivity index (χ0) is 10.6. The smallest absolute Gasteiger partial charge is 0.108 e. The molecule has 0 saturated heterocycles. The molecule has 1 aliphatic heterocycles. The number of hydrogen-bond donors (Lipinski definition) is 0. The first-order valence-corrected chi connectivity index (χ1v) is 5.77. The second-order valence-electron chi connectivity index (χ2n) is 3.21. The van der Waals surface area contributed by atoms with E-state index < -0.39 is 0 Å². The fraction of sp³-hybridized carbons (Fsp3) is 0.417. The van der Waals surface area contributed by atoms with Crippen molar-refractivity contribution in [3.8, 4) is 0 Å². The molecular formula is C12H17NS. The van der Waals surface area contributed by atoms with Crippen molar-refractivity contribution >= 4 is 16.8 Å². The summed E-state index contributed by atoms with van der Waals surface area (Å²) < 4.78 is 0. The van der Waals surface area contributed by atoms with Gasteiger partial charge in [0, 0.05) is 11.8 Å². The molecule has 0 aromatic rings. The van der Waals surface area contributed by atoms with E-state index in [2.05, 4.69) is 44.8 Å². The number of rotatable bonds is 2. The third kappa shape index (κ3) is 2.38. The van der Waals surface area contributed by atoms with E-state index >= 15 is 0 Å². The standard InChI is InChI=1S/C12H17NS/c1-5-7-8-13-12-11(6-2)9(3)10(4)14-12/h6-8H,5H2,1-4H3/b8-7+,11-6-,13-12-. The molecule has 0 fully saturated rings. The lowest BCUT2D eigenvalue weighted by Gasteiger charge is -1.97. The number of thioether (sulfide) groups is 1. The first kappa shape index (κ1) is 11.3. The Morgan fingerprint density at radius 1 is 1.36 bits per heavy atom. The largest absolute Gasteiger partial charge is 0.249 e. The third-order valence-electron chi connectivity index (χ3n) is 2.23. The van der Waals surface area contributed by atoms with Gasteiger partial charge in [-0.05, 0) is 37.7 Å². The van der Waals surface area contributed by atoms with Crippen LogP contribution in [0.15, 0.2) is 39.4 Å². The molecular weight excluding hydrogens is 190 g/mol. The highest BCUT2D eigenvalue weighted by Gasteiger charge is 2.19. The van der Waals surface area contributed by atoms with Gasteiger partial charge in [-0.2, -0.15) is 0 Å². The van der Waals surface area contributed by atoms with Crippen LogP contribution in [0.4, 0.5) is 0 Å². The van der Waals surface area contributed by atoms with E-state index in [1.165, 1.54) is 16.1 Å². The van der Waals surface area contributed by atoms with Crippen molar-refractivity contribution in [1.29, 1.82) is 0 Å². The van der Waals surface area contributed by atoms with E-state index in [-0.39, 0.29) is 0 Å². The molecule has 0 saturated carbocycles. The number of allylic oxidation sites excluding steroid dienone is 4. The number of hydrogen-bond acceptors (Lipinski definition) is 2. The Balaban J connectivity index is 2.87. The average molecular weight is 207 g/mol. The van der Waals surface area contributed by atoms with Crippen molar-refractivity contribution in [2.45, 2.75) is 34.1 Å². The predicted octanol–water partition coefficient (Wildman–Crippen LogP) is 4.30. The Hall–Kier alpha value is -0.760. The molecule has 0 aromatic carbocycles. The first-order chi connectivity index (χ1) is 6.70. The van der Waals surface area contributed by atoms with Gasteiger partial charge >= 0.3 is 0 Å². The quantitative estimate of drug-likeness (QED) is 0.657. The van der Waals surface area contributed by atoms with Crippen LogP contribution in [0.2, 0.25) is 0 Å². The summed E-state index contributed by atoms with van der Waals surface area (Å²) in [7, 11) is 0. The van der Waals surface area contributed by atoms with E-state index in [1.54, 1.807) is 11.8 Å². The van der Waals surface area contributed by atoms with E-state index in [4.69, 9.17) is 0 Å². The normalized spacial score (nSPS) is 23.4.